The largest absolute Gasteiger partial charge is 0.492 e. The van der Waals surface area contributed by atoms with Crippen LogP contribution in [0.1, 0.15) is 25.0 Å². The predicted molar refractivity (Wildman–Crippen MR) is 68.5 cm³/mol. The van der Waals surface area contributed by atoms with Crippen LogP contribution in [0.4, 0.5) is 0 Å². The average Bonchev–Trinajstić information content (AvgIpc) is 2.64. The number of rotatable bonds is 3. The minimum absolute atomic E-state index is 0.522. The maximum absolute atomic E-state index is 11.1. The summed E-state index contributed by atoms with van der Waals surface area (Å²) in [5.74, 6) is 0.132. The third-order valence-electron chi connectivity index (χ3n) is 3.02. The molecule has 92 valence electrons. The minimum atomic E-state index is -0.773. The topological polar surface area (TPSA) is 46.5 Å². The Morgan fingerprint density at radius 3 is 2.88 bits per heavy atom. The molecular formula is C13H15BrO3. The van der Waals surface area contributed by atoms with Crippen molar-refractivity contribution in [1.82, 2.24) is 0 Å². The van der Waals surface area contributed by atoms with E-state index in [1.165, 1.54) is 0 Å². The lowest BCUT2D eigenvalue weighted by Gasteiger charge is -2.19. The molecule has 0 atom stereocenters. The monoisotopic (exact) mass is 298 g/mol. The Morgan fingerprint density at radius 2 is 2.24 bits per heavy atom. The molecule has 1 aromatic rings. The summed E-state index contributed by atoms with van der Waals surface area (Å²) < 4.78 is 6.42. The highest BCUT2D eigenvalue weighted by molar-refractivity contribution is 9.10. The quantitative estimate of drug-likeness (QED) is 0.933. The number of carboxylic acid groups (broad SMARTS) is 1. The van der Waals surface area contributed by atoms with E-state index in [9.17, 15) is 4.79 Å². The molecule has 1 heterocycles. The van der Waals surface area contributed by atoms with Gasteiger partial charge in [0.2, 0.25) is 0 Å². The van der Waals surface area contributed by atoms with Crippen LogP contribution in [-0.4, -0.2) is 17.7 Å². The van der Waals surface area contributed by atoms with Gasteiger partial charge in [-0.25, -0.2) is 0 Å². The summed E-state index contributed by atoms with van der Waals surface area (Å²) in [6.45, 7) is 4.19. The van der Waals surface area contributed by atoms with Crippen LogP contribution >= 0.6 is 15.9 Å². The van der Waals surface area contributed by atoms with Crippen molar-refractivity contribution in [3.8, 4) is 5.75 Å². The van der Waals surface area contributed by atoms with Gasteiger partial charge in [0.25, 0.3) is 0 Å². The Hall–Kier alpha value is -1.03. The molecule has 0 saturated heterocycles. The van der Waals surface area contributed by atoms with E-state index in [2.05, 4.69) is 22.0 Å². The summed E-state index contributed by atoms with van der Waals surface area (Å²) in [5.41, 5.74) is 1.46. The Labute approximate surface area is 109 Å². The lowest BCUT2D eigenvalue weighted by Crippen LogP contribution is -2.26. The van der Waals surface area contributed by atoms with Crippen molar-refractivity contribution < 1.29 is 14.6 Å². The van der Waals surface area contributed by atoms with Gasteiger partial charge in [-0.3, -0.25) is 4.79 Å². The van der Waals surface area contributed by atoms with Crippen molar-refractivity contribution in [2.24, 2.45) is 5.41 Å². The number of ether oxygens (including phenoxy) is 1. The highest BCUT2D eigenvalue weighted by atomic mass is 79.9. The van der Waals surface area contributed by atoms with Crippen LogP contribution in [0.5, 0.6) is 5.75 Å². The van der Waals surface area contributed by atoms with Gasteiger partial charge < -0.3 is 9.84 Å². The van der Waals surface area contributed by atoms with E-state index >= 15 is 0 Å². The Morgan fingerprint density at radius 1 is 1.53 bits per heavy atom. The highest BCUT2D eigenvalue weighted by Gasteiger charge is 2.28. The predicted octanol–water partition coefficient (Wildman–Crippen LogP) is 3.04. The minimum Gasteiger partial charge on any atom is -0.492 e. The maximum Gasteiger partial charge on any atom is 0.309 e. The molecule has 4 heteroatoms. The van der Waals surface area contributed by atoms with Crippen molar-refractivity contribution in [1.29, 1.82) is 0 Å². The number of hydrogen-bond acceptors (Lipinski definition) is 2. The van der Waals surface area contributed by atoms with E-state index in [1.807, 2.05) is 6.07 Å². The Bertz CT molecular complexity index is 466. The zero-order valence-electron chi connectivity index (χ0n) is 9.92. The summed E-state index contributed by atoms with van der Waals surface area (Å²) in [6.07, 6.45) is 1.42. The second kappa shape index (κ2) is 4.33. The van der Waals surface area contributed by atoms with Gasteiger partial charge in [0.15, 0.2) is 0 Å². The molecule has 0 fully saturated rings. The van der Waals surface area contributed by atoms with E-state index in [-0.39, 0.29) is 0 Å². The SMILES string of the molecule is CC(C)(Cc1cc(Br)c2c(c1)CCO2)C(=O)O. The van der Waals surface area contributed by atoms with E-state index in [0.717, 1.165) is 27.8 Å². The average molecular weight is 299 g/mol. The standard InChI is InChI=1S/C13H15BrO3/c1-13(2,12(15)16)7-8-5-9-3-4-17-11(9)10(14)6-8/h5-6H,3-4,7H2,1-2H3,(H,15,16). The molecular weight excluding hydrogens is 284 g/mol. The fraction of sp³-hybridized carbons (Fsp3) is 0.462. The molecule has 0 aromatic heterocycles. The van der Waals surface area contributed by atoms with Gasteiger partial charge in [-0.05, 0) is 53.4 Å². The normalized spacial score (nSPS) is 14.3. The summed E-state index contributed by atoms with van der Waals surface area (Å²) in [6, 6.07) is 4.01. The highest BCUT2D eigenvalue weighted by Crippen LogP contribution is 2.36. The number of fused-ring (bicyclic) bond motifs is 1. The summed E-state index contributed by atoms with van der Waals surface area (Å²) >= 11 is 3.47. The molecule has 0 unspecified atom stereocenters. The third kappa shape index (κ3) is 2.46. The maximum atomic E-state index is 11.1. The summed E-state index contributed by atoms with van der Waals surface area (Å²) in [7, 11) is 0. The van der Waals surface area contributed by atoms with Gasteiger partial charge in [-0.1, -0.05) is 6.07 Å². The van der Waals surface area contributed by atoms with Crippen LogP contribution in [-0.2, 0) is 17.6 Å². The fourth-order valence-electron chi connectivity index (χ4n) is 2.01. The van der Waals surface area contributed by atoms with Crippen molar-refractivity contribution >= 4 is 21.9 Å². The fourth-order valence-corrected chi connectivity index (χ4v) is 2.67. The van der Waals surface area contributed by atoms with Crippen LogP contribution in [0.3, 0.4) is 0 Å². The first-order chi connectivity index (χ1) is 7.90. The molecule has 3 nitrogen and oxygen atoms in total. The smallest absolute Gasteiger partial charge is 0.309 e. The van der Waals surface area contributed by atoms with Crippen molar-refractivity contribution in [2.45, 2.75) is 26.7 Å². The lowest BCUT2D eigenvalue weighted by molar-refractivity contribution is -0.146. The molecule has 0 spiro atoms. The Kier molecular flexibility index (Phi) is 3.17. The molecule has 0 aliphatic carbocycles. The van der Waals surface area contributed by atoms with Crippen molar-refractivity contribution in [3.63, 3.8) is 0 Å². The first kappa shape index (κ1) is 12.4. The molecule has 1 aliphatic heterocycles. The molecule has 2 rings (SSSR count). The van der Waals surface area contributed by atoms with E-state index in [4.69, 9.17) is 9.84 Å². The first-order valence-corrected chi connectivity index (χ1v) is 6.37. The van der Waals surface area contributed by atoms with E-state index in [1.54, 1.807) is 13.8 Å². The molecule has 1 N–H and O–H groups in total. The molecule has 0 amide bonds. The third-order valence-corrected chi connectivity index (χ3v) is 3.61. The zero-order valence-corrected chi connectivity index (χ0v) is 11.5. The van der Waals surface area contributed by atoms with Crippen LogP contribution in [0, 0.1) is 5.41 Å². The summed E-state index contributed by atoms with van der Waals surface area (Å²) in [4.78, 5) is 11.1. The van der Waals surface area contributed by atoms with Gasteiger partial charge in [0.1, 0.15) is 5.75 Å². The van der Waals surface area contributed by atoms with Gasteiger partial charge in [0.05, 0.1) is 16.5 Å². The molecule has 17 heavy (non-hydrogen) atoms. The number of carbonyl (C=O) groups is 1. The van der Waals surface area contributed by atoms with Crippen LogP contribution in [0.25, 0.3) is 0 Å². The number of halogens is 1. The van der Waals surface area contributed by atoms with Gasteiger partial charge >= 0.3 is 5.97 Å². The summed E-state index contributed by atoms with van der Waals surface area (Å²) in [5, 5.41) is 9.13. The van der Waals surface area contributed by atoms with Crippen LogP contribution in [0.2, 0.25) is 0 Å². The van der Waals surface area contributed by atoms with E-state index in [0.29, 0.717) is 13.0 Å². The first-order valence-electron chi connectivity index (χ1n) is 5.57. The second-order valence-electron chi connectivity index (χ2n) is 5.03. The van der Waals surface area contributed by atoms with Crippen molar-refractivity contribution in [2.75, 3.05) is 6.61 Å². The van der Waals surface area contributed by atoms with Crippen LogP contribution < -0.4 is 4.74 Å². The second-order valence-corrected chi connectivity index (χ2v) is 5.88. The van der Waals surface area contributed by atoms with Gasteiger partial charge in [0, 0.05) is 6.42 Å². The number of benzene rings is 1. The van der Waals surface area contributed by atoms with Gasteiger partial charge in [-0.2, -0.15) is 0 Å². The van der Waals surface area contributed by atoms with Crippen LogP contribution in [0.15, 0.2) is 16.6 Å². The van der Waals surface area contributed by atoms with E-state index < -0.39 is 11.4 Å². The molecule has 0 bridgehead atoms. The molecule has 1 aliphatic rings. The molecule has 1 aromatic carbocycles. The Balaban J connectivity index is 2.29. The van der Waals surface area contributed by atoms with Gasteiger partial charge in [-0.15, -0.1) is 0 Å². The lowest BCUT2D eigenvalue weighted by atomic mass is 9.85. The molecule has 0 saturated carbocycles. The zero-order chi connectivity index (χ0) is 12.6. The van der Waals surface area contributed by atoms with Crippen molar-refractivity contribution in [3.05, 3.63) is 27.7 Å². The molecule has 0 radical (unpaired) electrons. The number of aliphatic carboxylic acids is 1. The number of hydrogen-bond donors (Lipinski definition) is 1. The number of carboxylic acids is 1.